The van der Waals surface area contributed by atoms with Crippen LogP contribution in [0, 0.1) is 0 Å². The molecule has 1 aromatic heterocycles. The van der Waals surface area contributed by atoms with Crippen LogP contribution in [0.2, 0.25) is 4.34 Å². The average Bonchev–Trinajstić information content (AvgIpc) is 3.06. The van der Waals surface area contributed by atoms with Gasteiger partial charge in [-0.25, -0.2) is 13.1 Å². The Labute approximate surface area is 132 Å². The van der Waals surface area contributed by atoms with E-state index in [0.29, 0.717) is 10.9 Å². The number of hydrogen-bond donors (Lipinski definition) is 1. The summed E-state index contributed by atoms with van der Waals surface area (Å²) in [4.78, 5) is 11.9. The van der Waals surface area contributed by atoms with Crippen LogP contribution < -0.4 is 4.72 Å². The van der Waals surface area contributed by atoms with E-state index in [4.69, 9.17) is 21.1 Å². The van der Waals surface area contributed by atoms with Crippen LogP contribution in [0.15, 0.2) is 16.3 Å². The predicted octanol–water partition coefficient (Wildman–Crippen LogP) is 1.79. The molecule has 2 rings (SSSR count). The number of sulfonamides is 1. The van der Waals surface area contributed by atoms with Gasteiger partial charge in [-0.2, -0.15) is 0 Å². The Bertz CT molecular complexity index is 595. The number of hydrogen-bond acceptors (Lipinski definition) is 6. The van der Waals surface area contributed by atoms with E-state index in [1.54, 1.807) is 0 Å². The minimum absolute atomic E-state index is 0.00724. The highest BCUT2D eigenvalue weighted by atomic mass is 35.5. The zero-order valence-electron chi connectivity index (χ0n) is 11.4. The number of thiophene rings is 1. The Hall–Kier alpha value is -0.670. The van der Waals surface area contributed by atoms with Crippen molar-refractivity contribution in [2.45, 2.75) is 36.2 Å². The molecule has 0 spiro atoms. The fourth-order valence-corrected chi connectivity index (χ4v) is 4.34. The number of carbonyl (C=O) groups is 1. The maximum absolute atomic E-state index is 12.0. The second-order valence-electron chi connectivity index (χ2n) is 4.64. The molecule has 0 unspecified atom stereocenters. The molecule has 1 aliphatic heterocycles. The molecule has 0 aliphatic carbocycles. The van der Waals surface area contributed by atoms with E-state index in [0.717, 1.165) is 24.2 Å². The first-order chi connectivity index (χ1) is 9.88. The summed E-state index contributed by atoms with van der Waals surface area (Å²) in [5, 5.41) is 0. The maximum atomic E-state index is 12.0. The lowest BCUT2D eigenvalue weighted by molar-refractivity contribution is -0.131. The third-order valence-electron chi connectivity index (χ3n) is 2.97. The minimum Gasteiger partial charge on any atom is -0.376 e. The van der Waals surface area contributed by atoms with Gasteiger partial charge in [-0.3, -0.25) is 4.79 Å². The molecule has 1 fully saturated rings. The molecule has 1 N–H and O–H groups in total. The fraction of sp³-hybridized carbons (Fsp3) is 0.583. The zero-order chi connectivity index (χ0) is 15.5. The lowest BCUT2D eigenvalue weighted by atomic mass is 10.2. The molecule has 1 aromatic rings. The van der Waals surface area contributed by atoms with E-state index in [1.165, 1.54) is 19.1 Å². The van der Waals surface area contributed by atoms with Crippen molar-refractivity contribution in [3.63, 3.8) is 0 Å². The Morgan fingerprint density at radius 3 is 2.95 bits per heavy atom. The molecular weight excluding hydrogens is 338 g/mol. The quantitative estimate of drug-likeness (QED) is 0.843. The van der Waals surface area contributed by atoms with Gasteiger partial charge in [0.05, 0.1) is 17.0 Å². The highest BCUT2D eigenvalue weighted by molar-refractivity contribution is 7.92. The van der Waals surface area contributed by atoms with E-state index in [2.05, 4.69) is 0 Å². The van der Waals surface area contributed by atoms with Crippen LogP contribution in [0.3, 0.4) is 0 Å². The summed E-state index contributed by atoms with van der Waals surface area (Å²) in [6, 6.07) is 2.81. The zero-order valence-corrected chi connectivity index (χ0v) is 13.8. The van der Waals surface area contributed by atoms with Crippen LogP contribution in [-0.2, 0) is 24.3 Å². The molecule has 0 radical (unpaired) electrons. The van der Waals surface area contributed by atoms with Gasteiger partial charge in [-0.1, -0.05) is 11.6 Å². The minimum atomic E-state index is -3.90. The van der Waals surface area contributed by atoms with E-state index in [1.807, 2.05) is 4.72 Å². The summed E-state index contributed by atoms with van der Waals surface area (Å²) in [5.41, 5.74) is 0. The van der Waals surface area contributed by atoms with Gasteiger partial charge in [-0.15, -0.1) is 11.3 Å². The first-order valence-electron chi connectivity index (χ1n) is 6.43. The molecule has 118 valence electrons. The molecule has 6 nitrogen and oxygen atoms in total. The SMILES string of the molecule is C[C@H](OC[C@H]1CCCO1)C(=O)NS(=O)(=O)c1ccc(Cl)s1. The van der Waals surface area contributed by atoms with Crippen molar-refractivity contribution in [2.24, 2.45) is 0 Å². The maximum Gasteiger partial charge on any atom is 0.273 e. The van der Waals surface area contributed by atoms with Gasteiger partial charge < -0.3 is 9.47 Å². The molecule has 1 amide bonds. The van der Waals surface area contributed by atoms with Crippen molar-refractivity contribution in [3.8, 4) is 0 Å². The van der Waals surface area contributed by atoms with Crippen molar-refractivity contribution >= 4 is 38.9 Å². The largest absolute Gasteiger partial charge is 0.376 e. The Morgan fingerprint density at radius 1 is 1.62 bits per heavy atom. The molecule has 0 saturated carbocycles. The highest BCUT2D eigenvalue weighted by Crippen LogP contribution is 2.25. The summed E-state index contributed by atoms with van der Waals surface area (Å²) < 4.78 is 37.0. The van der Waals surface area contributed by atoms with Crippen molar-refractivity contribution in [1.29, 1.82) is 0 Å². The summed E-state index contributed by atoms with van der Waals surface area (Å²) in [6.07, 6.45) is 0.968. The number of rotatable bonds is 6. The third-order valence-corrected chi connectivity index (χ3v) is 6.04. The van der Waals surface area contributed by atoms with Gasteiger partial charge in [0.1, 0.15) is 10.3 Å². The third kappa shape index (κ3) is 4.65. The molecule has 2 heterocycles. The number of carbonyl (C=O) groups excluding carboxylic acids is 1. The first kappa shape index (κ1) is 16.7. The predicted molar refractivity (Wildman–Crippen MR) is 79.0 cm³/mol. The Morgan fingerprint density at radius 2 is 2.38 bits per heavy atom. The first-order valence-corrected chi connectivity index (χ1v) is 9.11. The van der Waals surface area contributed by atoms with Crippen molar-refractivity contribution < 1.29 is 22.7 Å². The van der Waals surface area contributed by atoms with Crippen molar-refractivity contribution in [3.05, 3.63) is 16.5 Å². The average molecular weight is 354 g/mol. The van der Waals surface area contributed by atoms with Crippen LogP contribution in [0.4, 0.5) is 0 Å². The molecule has 1 saturated heterocycles. The van der Waals surface area contributed by atoms with E-state index in [-0.39, 0.29) is 16.9 Å². The standard InChI is InChI=1S/C12H16ClNO5S2/c1-8(19-7-9-3-2-6-18-9)12(15)14-21(16,17)11-5-4-10(13)20-11/h4-5,8-9H,2-3,6-7H2,1H3,(H,14,15)/t8-,9+/m0/s1. The second kappa shape index (κ2) is 7.06. The van der Waals surface area contributed by atoms with Crippen LogP contribution in [-0.4, -0.2) is 39.7 Å². The van der Waals surface area contributed by atoms with Crippen LogP contribution in [0.1, 0.15) is 19.8 Å². The lowest BCUT2D eigenvalue weighted by Crippen LogP contribution is -2.39. The van der Waals surface area contributed by atoms with Gasteiger partial charge in [0, 0.05) is 6.61 Å². The lowest BCUT2D eigenvalue weighted by Gasteiger charge is -2.15. The summed E-state index contributed by atoms with van der Waals surface area (Å²) in [6.45, 7) is 2.47. The fourth-order valence-electron chi connectivity index (χ4n) is 1.81. The van der Waals surface area contributed by atoms with E-state index >= 15 is 0 Å². The Kier molecular flexibility index (Phi) is 5.61. The molecule has 0 bridgehead atoms. The molecule has 2 atom stereocenters. The van der Waals surface area contributed by atoms with Gasteiger partial charge in [-0.05, 0) is 31.9 Å². The van der Waals surface area contributed by atoms with Crippen molar-refractivity contribution in [1.82, 2.24) is 4.72 Å². The van der Waals surface area contributed by atoms with E-state index < -0.39 is 22.0 Å². The van der Waals surface area contributed by atoms with Crippen molar-refractivity contribution in [2.75, 3.05) is 13.2 Å². The molecule has 21 heavy (non-hydrogen) atoms. The number of nitrogens with one attached hydrogen (secondary N) is 1. The number of ether oxygens (including phenoxy) is 2. The second-order valence-corrected chi connectivity index (χ2v) is 8.26. The topological polar surface area (TPSA) is 81.7 Å². The van der Waals surface area contributed by atoms with Gasteiger partial charge in [0.25, 0.3) is 15.9 Å². The molecular formula is C12H16ClNO5S2. The Balaban J connectivity index is 1.87. The highest BCUT2D eigenvalue weighted by Gasteiger charge is 2.25. The van der Waals surface area contributed by atoms with Crippen LogP contribution in [0.25, 0.3) is 0 Å². The number of amides is 1. The van der Waals surface area contributed by atoms with Gasteiger partial charge >= 0.3 is 0 Å². The summed E-state index contributed by atoms with van der Waals surface area (Å²) in [5.74, 6) is -0.711. The number of halogens is 1. The summed E-state index contributed by atoms with van der Waals surface area (Å²) >= 11 is 6.57. The molecule has 0 aromatic carbocycles. The van der Waals surface area contributed by atoms with E-state index in [9.17, 15) is 13.2 Å². The van der Waals surface area contributed by atoms with Crippen LogP contribution >= 0.6 is 22.9 Å². The van der Waals surface area contributed by atoms with Gasteiger partial charge in [0.2, 0.25) is 0 Å². The summed E-state index contributed by atoms with van der Waals surface area (Å²) in [7, 11) is -3.90. The monoisotopic (exact) mass is 353 g/mol. The van der Waals surface area contributed by atoms with Crippen LogP contribution in [0.5, 0.6) is 0 Å². The normalized spacial score (nSPS) is 20.4. The molecule has 1 aliphatic rings. The van der Waals surface area contributed by atoms with Gasteiger partial charge in [0.15, 0.2) is 0 Å². The molecule has 9 heteroatoms. The smallest absolute Gasteiger partial charge is 0.273 e.